The van der Waals surface area contributed by atoms with Gasteiger partial charge in [-0.1, -0.05) is 36.4 Å². The van der Waals surface area contributed by atoms with Crippen LogP contribution in [0.15, 0.2) is 48.5 Å². The van der Waals surface area contributed by atoms with Crippen molar-refractivity contribution in [2.75, 3.05) is 11.9 Å². The average Bonchev–Trinajstić information content (AvgIpc) is 2.62. The normalized spacial score (nSPS) is 11.4. The number of aryl methyl sites for hydroxylation is 1. The molecule has 0 fully saturated rings. The fourth-order valence-corrected chi connectivity index (χ4v) is 2.57. The molecule has 3 rings (SSSR count). The molecule has 1 N–H and O–H groups in total. The van der Waals surface area contributed by atoms with Crippen LogP contribution in [0.25, 0.3) is 22.6 Å². The summed E-state index contributed by atoms with van der Waals surface area (Å²) in [6, 6.07) is 12.5. The zero-order chi connectivity index (χ0) is 18.7. The Morgan fingerprint density at radius 1 is 0.962 bits per heavy atom. The van der Waals surface area contributed by atoms with E-state index in [0.29, 0.717) is 23.6 Å². The van der Waals surface area contributed by atoms with Crippen molar-refractivity contribution in [1.82, 2.24) is 15.2 Å². The van der Waals surface area contributed by atoms with Gasteiger partial charge in [-0.25, -0.2) is 4.98 Å². The van der Waals surface area contributed by atoms with Crippen LogP contribution >= 0.6 is 0 Å². The molecule has 26 heavy (non-hydrogen) atoms. The molecule has 0 saturated heterocycles. The van der Waals surface area contributed by atoms with Crippen LogP contribution in [0.3, 0.4) is 0 Å². The highest BCUT2D eigenvalue weighted by molar-refractivity contribution is 5.75. The smallest absolute Gasteiger partial charge is 0.367 e. The van der Waals surface area contributed by atoms with Crippen LogP contribution in [-0.4, -0.2) is 21.7 Å². The maximum absolute atomic E-state index is 12.7. The van der Waals surface area contributed by atoms with E-state index in [4.69, 9.17) is 0 Å². The SMILES string of the molecule is CCNc1nnc(-c2ccc(C(F)(F)F)cc2)nc1-c1ccccc1C. The minimum atomic E-state index is -4.38. The Balaban J connectivity index is 2.07. The number of nitrogens with zero attached hydrogens (tertiary/aromatic N) is 3. The largest absolute Gasteiger partial charge is 0.416 e. The zero-order valence-corrected chi connectivity index (χ0v) is 14.3. The van der Waals surface area contributed by atoms with Gasteiger partial charge in [0.05, 0.1) is 5.56 Å². The van der Waals surface area contributed by atoms with Gasteiger partial charge in [0.1, 0.15) is 5.69 Å². The van der Waals surface area contributed by atoms with Crippen LogP contribution in [0, 0.1) is 6.92 Å². The number of alkyl halides is 3. The van der Waals surface area contributed by atoms with E-state index in [2.05, 4.69) is 20.5 Å². The average molecular weight is 358 g/mol. The highest BCUT2D eigenvalue weighted by Crippen LogP contribution is 2.32. The summed E-state index contributed by atoms with van der Waals surface area (Å²) in [6.07, 6.45) is -4.38. The first-order valence-electron chi connectivity index (χ1n) is 8.12. The summed E-state index contributed by atoms with van der Waals surface area (Å²) in [5.41, 5.74) is 2.30. The zero-order valence-electron chi connectivity index (χ0n) is 14.3. The number of hydrogen-bond donors (Lipinski definition) is 1. The first-order valence-corrected chi connectivity index (χ1v) is 8.12. The van der Waals surface area contributed by atoms with E-state index in [1.54, 1.807) is 0 Å². The van der Waals surface area contributed by atoms with Crippen molar-refractivity contribution in [3.05, 3.63) is 59.7 Å². The lowest BCUT2D eigenvalue weighted by Gasteiger charge is -2.12. The molecule has 7 heteroatoms. The first-order chi connectivity index (χ1) is 12.4. The van der Waals surface area contributed by atoms with Gasteiger partial charge in [0.2, 0.25) is 0 Å². The van der Waals surface area contributed by atoms with Crippen molar-refractivity contribution < 1.29 is 13.2 Å². The van der Waals surface area contributed by atoms with E-state index in [0.717, 1.165) is 23.3 Å². The standard InChI is InChI=1S/C19H17F3N4/c1-3-23-18-16(15-7-5-4-6-12(15)2)24-17(25-26-18)13-8-10-14(11-9-13)19(20,21)22/h4-11H,3H2,1-2H3,(H,23,26). The highest BCUT2D eigenvalue weighted by atomic mass is 19.4. The lowest BCUT2D eigenvalue weighted by molar-refractivity contribution is -0.137. The summed E-state index contributed by atoms with van der Waals surface area (Å²) in [5, 5.41) is 11.4. The lowest BCUT2D eigenvalue weighted by atomic mass is 10.1. The Labute approximate surface area is 149 Å². The third-order valence-electron chi connectivity index (χ3n) is 3.90. The molecule has 1 aromatic heterocycles. The van der Waals surface area contributed by atoms with Gasteiger partial charge in [-0.15, -0.1) is 10.2 Å². The monoisotopic (exact) mass is 358 g/mol. The van der Waals surface area contributed by atoms with E-state index in [1.807, 2.05) is 38.1 Å². The molecule has 0 spiro atoms. The Bertz CT molecular complexity index is 905. The molecule has 0 aliphatic carbocycles. The first kappa shape index (κ1) is 17.8. The van der Waals surface area contributed by atoms with Crippen molar-refractivity contribution in [1.29, 1.82) is 0 Å². The van der Waals surface area contributed by atoms with Crippen LogP contribution in [0.1, 0.15) is 18.1 Å². The summed E-state index contributed by atoms with van der Waals surface area (Å²) in [7, 11) is 0. The summed E-state index contributed by atoms with van der Waals surface area (Å²) >= 11 is 0. The molecular weight excluding hydrogens is 341 g/mol. The fourth-order valence-electron chi connectivity index (χ4n) is 2.57. The van der Waals surface area contributed by atoms with Gasteiger partial charge in [0.25, 0.3) is 0 Å². The van der Waals surface area contributed by atoms with Crippen molar-refractivity contribution in [3.63, 3.8) is 0 Å². The molecule has 0 aliphatic rings. The van der Waals surface area contributed by atoms with Gasteiger partial charge in [0, 0.05) is 17.7 Å². The second-order valence-electron chi connectivity index (χ2n) is 5.75. The van der Waals surface area contributed by atoms with Gasteiger partial charge < -0.3 is 5.32 Å². The van der Waals surface area contributed by atoms with Gasteiger partial charge in [-0.3, -0.25) is 0 Å². The van der Waals surface area contributed by atoms with Crippen molar-refractivity contribution in [2.24, 2.45) is 0 Å². The summed E-state index contributed by atoms with van der Waals surface area (Å²) < 4.78 is 38.2. The molecule has 0 radical (unpaired) electrons. The molecule has 134 valence electrons. The van der Waals surface area contributed by atoms with Crippen LogP contribution in [0.2, 0.25) is 0 Å². The quantitative estimate of drug-likeness (QED) is 0.716. The maximum atomic E-state index is 12.7. The number of halogens is 3. The third-order valence-corrected chi connectivity index (χ3v) is 3.90. The van der Waals surface area contributed by atoms with Gasteiger partial charge in [-0.05, 0) is 31.5 Å². The number of benzene rings is 2. The number of hydrogen-bond acceptors (Lipinski definition) is 4. The predicted octanol–water partition coefficient (Wildman–Crippen LogP) is 4.96. The van der Waals surface area contributed by atoms with Crippen LogP contribution in [0.4, 0.5) is 19.0 Å². The number of nitrogens with one attached hydrogen (secondary N) is 1. The Kier molecular flexibility index (Phi) is 4.88. The molecule has 0 aliphatic heterocycles. The van der Waals surface area contributed by atoms with E-state index >= 15 is 0 Å². The number of anilines is 1. The fraction of sp³-hybridized carbons (Fsp3) is 0.211. The second-order valence-corrected chi connectivity index (χ2v) is 5.75. The lowest BCUT2D eigenvalue weighted by Crippen LogP contribution is -2.07. The van der Waals surface area contributed by atoms with Crippen LogP contribution in [0.5, 0.6) is 0 Å². The van der Waals surface area contributed by atoms with Gasteiger partial charge >= 0.3 is 6.18 Å². The Hall–Kier alpha value is -2.96. The minimum Gasteiger partial charge on any atom is -0.367 e. The molecular formula is C19H17F3N4. The number of rotatable bonds is 4. The van der Waals surface area contributed by atoms with E-state index in [1.165, 1.54) is 12.1 Å². The third kappa shape index (κ3) is 3.66. The van der Waals surface area contributed by atoms with Crippen molar-refractivity contribution in [3.8, 4) is 22.6 Å². The number of aromatic nitrogens is 3. The Morgan fingerprint density at radius 3 is 2.27 bits per heavy atom. The minimum absolute atomic E-state index is 0.277. The van der Waals surface area contributed by atoms with Gasteiger partial charge in [-0.2, -0.15) is 13.2 Å². The molecule has 2 aromatic carbocycles. The molecule has 4 nitrogen and oxygen atoms in total. The molecule has 0 atom stereocenters. The summed E-state index contributed by atoms with van der Waals surface area (Å²) in [6.45, 7) is 4.55. The van der Waals surface area contributed by atoms with Crippen molar-refractivity contribution in [2.45, 2.75) is 20.0 Å². The molecule has 0 unspecified atom stereocenters. The molecule has 1 heterocycles. The van der Waals surface area contributed by atoms with Crippen LogP contribution < -0.4 is 5.32 Å². The molecule has 0 bridgehead atoms. The molecule has 0 saturated carbocycles. The second kappa shape index (κ2) is 7.11. The highest BCUT2D eigenvalue weighted by Gasteiger charge is 2.30. The van der Waals surface area contributed by atoms with Gasteiger partial charge in [0.15, 0.2) is 11.6 Å². The summed E-state index contributed by atoms with van der Waals surface area (Å²) in [4.78, 5) is 4.57. The van der Waals surface area contributed by atoms with E-state index < -0.39 is 11.7 Å². The predicted molar refractivity (Wildman–Crippen MR) is 94.6 cm³/mol. The molecule has 3 aromatic rings. The van der Waals surface area contributed by atoms with E-state index in [9.17, 15) is 13.2 Å². The van der Waals surface area contributed by atoms with Crippen LogP contribution in [-0.2, 0) is 6.18 Å². The molecule has 0 amide bonds. The van der Waals surface area contributed by atoms with E-state index in [-0.39, 0.29) is 5.82 Å². The maximum Gasteiger partial charge on any atom is 0.416 e. The van der Waals surface area contributed by atoms with Crippen molar-refractivity contribution >= 4 is 5.82 Å². The Morgan fingerprint density at radius 2 is 1.65 bits per heavy atom. The topological polar surface area (TPSA) is 50.7 Å². The summed E-state index contributed by atoms with van der Waals surface area (Å²) in [5.74, 6) is 0.816.